The lowest BCUT2D eigenvalue weighted by molar-refractivity contribution is -0.137. The molecule has 106 valence electrons. The van der Waals surface area contributed by atoms with E-state index in [4.69, 9.17) is 4.74 Å². The van der Waals surface area contributed by atoms with Crippen molar-refractivity contribution < 1.29 is 22.7 Å². The molecule has 3 rings (SSSR count). The van der Waals surface area contributed by atoms with Crippen molar-refractivity contribution in [2.45, 2.75) is 6.18 Å². The number of alkyl halides is 3. The van der Waals surface area contributed by atoms with Crippen LogP contribution in [0.5, 0.6) is 0 Å². The highest BCUT2D eigenvalue weighted by atomic mass is 19.4. The van der Waals surface area contributed by atoms with Crippen LogP contribution in [0.1, 0.15) is 27.0 Å². The Morgan fingerprint density at radius 2 is 1.52 bits per heavy atom. The van der Waals surface area contributed by atoms with Gasteiger partial charge in [0.2, 0.25) is 0 Å². The molecule has 1 heterocycles. The molecule has 0 fully saturated rings. The molecular weight excluding hydrogens is 281 g/mol. The molecule has 0 saturated heterocycles. The zero-order chi connectivity index (χ0) is 15.0. The van der Waals surface area contributed by atoms with Crippen molar-refractivity contribution in [3.05, 3.63) is 70.8 Å². The van der Waals surface area contributed by atoms with Gasteiger partial charge in [-0.25, -0.2) is 4.79 Å². The SMILES string of the molecule is O=C1OC(=Cc2ccc(C(F)(F)F)cc2)c2ccccc21. The minimum absolute atomic E-state index is 0.343. The first-order chi connectivity index (χ1) is 9.95. The highest BCUT2D eigenvalue weighted by molar-refractivity contribution is 6.05. The Labute approximate surface area is 118 Å². The molecule has 2 nitrogen and oxygen atoms in total. The van der Waals surface area contributed by atoms with Gasteiger partial charge in [0.05, 0.1) is 11.1 Å². The van der Waals surface area contributed by atoms with Crippen LogP contribution in [0, 0.1) is 0 Å². The predicted octanol–water partition coefficient (Wildman–Crippen LogP) is 4.37. The lowest BCUT2D eigenvalue weighted by atomic mass is 10.1. The van der Waals surface area contributed by atoms with Crippen LogP contribution in [-0.4, -0.2) is 5.97 Å². The van der Waals surface area contributed by atoms with E-state index in [9.17, 15) is 18.0 Å². The molecule has 0 N–H and O–H groups in total. The second kappa shape index (κ2) is 4.77. The smallest absolute Gasteiger partial charge is 0.416 e. The number of rotatable bonds is 1. The summed E-state index contributed by atoms with van der Waals surface area (Å²) in [5, 5.41) is 0. The molecule has 2 aromatic carbocycles. The first-order valence-electron chi connectivity index (χ1n) is 6.16. The number of hydrogen-bond donors (Lipinski definition) is 0. The molecule has 2 aromatic rings. The van der Waals surface area contributed by atoms with Crippen LogP contribution < -0.4 is 0 Å². The third kappa shape index (κ3) is 2.54. The third-order valence-corrected chi connectivity index (χ3v) is 3.15. The first-order valence-corrected chi connectivity index (χ1v) is 6.16. The molecule has 0 aromatic heterocycles. The molecule has 0 unspecified atom stereocenters. The maximum Gasteiger partial charge on any atom is 0.416 e. The molecule has 0 spiro atoms. The molecule has 1 aliphatic heterocycles. The highest BCUT2D eigenvalue weighted by Crippen LogP contribution is 2.32. The number of esters is 1. The lowest BCUT2D eigenvalue weighted by Crippen LogP contribution is -2.04. The maximum absolute atomic E-state index is 12.5. The Balaban J connectivity index is 1.95. The fraction of sp³-hybridized carbons (Fsp3) is 0.0625. The van der Waals surface area contributed by atoms with E-state index in [1.165, 1.54) is 12.1 Å². The van der Waals surface area contributed by atoms with Crippen LogP contribution in [0.25, 0.3) is 11.8 Å². The van der Waals surface area contributed by atoms with Crippen molar-refractivity contribution in [1.82, 2.24) is 0 Å². The van der Waals surface area contributed by atoms with Crippen LogP contribution in [0.4, 0.5) is 13.2 Å². The number of carbonyl (C=O) groups excluding carboxylic acids is 1. The van der Waals surface area contributed by atoms with Gasteiger partial charge in [-0.1, -0.05) is 30.3 Å². The molecular formula is C16H9F3O2. The van der Waals surface area contributed by atoms with Gasteiger partial charge in [-0.05, 0) is 29.8 Å². The van der Waals surface area contributed by atoms with E-state index in [1.54, 1.807) is 30.3 Å². The number of ether oxygens (including phenoxy) is 1. The maximum atomic E-state index is 12.5. The first kappa shape index (κ1) is 13.4. The van der Waals surface area contributed by atoms with Crippen LogP contribution in [0.15, 0.2) is 48.5 Å². The summed E-state index contributed by atoms with van der Waals surface area (Å²) in [6.07, 6.45) is -2.82. The summed E-state index contributed by atoms with van der Waals surface area (Å²) < 4.78 is 42.6. The van der Waals surface area contributed by atoms with E-state index < -0.39 is 17.7 Å². The Kier molecular flexibility index (Phi) is 3.05. The van der Waals surface area contributed by atoms with Crippen LogP contribution in [0.3, 0.4) is 0 Å². The van der Waals surface area contributed by atoms with Gasteiger partial charge >= 0.3 is 12.1 Å². The van der Waals surface area contributed by atoms with E-state index in [-0.39, 0.29) is 0 Å². The van der Waals surface area contributed by atoms with Crippen molar-refractivity contribution in [3.63, 3.8) is 0 Å². The second-order valence-electron chi connectivity index (χ2n) is 4.56. The van der Waals surface area contributed by atoms with Gasteiger partial charge in [0.25, 0.3) is 0 Å². The molecule has 21 heavy (non-hydrogen) atoms. The van der Waals surface area contributed by atoms with Crippen molar-refractivity contribution in [3.8, 4) is 0 Å². The largest absolute Gasteiger partial charge is 0.422 e. The van der Waals surface area contributed by atoms with Gasteiger partial charge in [0.15, 0.2) is 0 Å². The molecule has 0 saturated carbocycles. The topological polar surface area (TPSA) is 26.3 Å². The Morgan fingerprint density at radius 1 is 0.905 bits per heavy atom. The second-order valence-corrected chi connectivity index (χ2v) is 4.56. The molecule has 5 heteroatoms. The molecule has 0 aliphatic carbocycles. The number of carbonyl (C=O) groups is 1. The fourth-order valence-corrected chi connectivity index (χ4v) is 2.11. The highest BCUT2D eigenvalue weighted by Gasteiger charge is 2.30. The summed E-state index contributed by atoms with van der Waals surface area (Å²) >= 11 is 0. The molecule has 0 bridgehead atoms. The van der Waals surface area contributed by atoms with E-state index >= 15 is 0 Å². The average molecular weight is 290 g/mol. The Bertz CT molecular complexity index is 728. The van der Waals surface area contributed by atoms with Gasteiger partial charge in [-0.15, -0.1) is 0 Å². The monoisotopic (exact) mass is 290 g/mol. The standard InChI is InChI=1S/C16H9F3O2/c17-16(18,19)11-7-5-10(6-8-11)9-14-12-3-1-2-4-13(12)15(20)21-14/h1-9H. The summed E-state index contributed by atoms with van der Waals surface area (Å²) in [6, 6.07) is 11.5. The van der Waals surface area contributed by atoms with Gasteiger partial charge in [0, 0.05) is 5.56 Å². The zero-order valence-corrected chi connectivity index (χ0v) is 10.6. The van der Waals surface area contributed by atoms with Crippen molar-refractivity contribution >= 4 is 17.8 Å². The average Bonchev–Trinajstić information content (AvgIpc) is 2.76. The Hall–Kier alpha value is -2.56. The fourth-order valence-electron chi connectivity index (χ4n) is 2.11. The van der Waals surface area contributed by atoms with Crippen LogP contribution in [0.2, 0.25) is 0 Å². The van der Waals surface area contributed by atoms with E-state index in [0.29, 0.717) is 22.4 Å². The van der Waals surface area contributed by atoms with Gasteiger partial charge in [-0.2, -0.15) is 13.2 Å². The predicted molar refractivity (Wildman–Crippen MR) is 71.2 cm³/mol. The quantitative estimate of drug-likeness (QED) is 0.729. The number of benzene rings is 2. The van der Waals surface area contributed by atoms with Crippen molar-refractivity contribution in [2.75, 3.05) is 0 Å². The summed E-state index contributed by atoms with van der Waals surface area (Å²) in [5.74, 6) is -0.112. The Morgan fingerprint density at radius 3 is 2.14 bits per heavy atom. The van der Waals surface area contributed by atoms with Gasteiger partial charge in [0.1, 0.15) is 5.76 Å². The summed E-state index contributed by atoms with van der Waals surface area (Å²) in [5.41, 5.74) is 0.911. The zero-order valence-electron chi connectivity index (χ0n) is 10.6. The summed E-state index contributed by atoms with van der Waals surface area (Å²) in [4.78, 5) is 11.6. The van der Waals surface area contributed by atoms with E-state index in [0.717, 1.165) is 12.1 Å². The van der Waals surface area contributed by atoms with Gasteiger partial charge in [-0.3, -0.25) is 0 Å². The normalized spacial score (nSPS) is 16.0. The number of fused-ring (bicyclic) bond motifs is 1. The van der Waals surface area contributed by atoms with E-state index in [2.05, 4.69) is 0 Å². The minimum Gasteiger partial charge on any atom is -0.422 e. The number of hydrogen-bond acceptors (Lipinski definition) is 2. The van der Waals surface area contributed by atoms with Crippen LogP contribution >= 0.6 is 0 Å². The lowest BCUT2D eigenvalue weighted by Gasteiger charge is -2.06. The number of cyclic esters (lactones) is 1. The van der Waals surface area contributed by atoms with Crippen LogP contribution in [-0.2, 0) is 10.9 Å². The molecule has 0 atom stereocenters. The summed E-state index contributed by atoms with van der Waals surface area (Å²) in [7, 11) is 0. The molecule has 0 radical (unpaired) electrons. The van der Waals surface area contributed by atoms with Crippen molar-refractivity contribution in [2.24, 2.45) is 0 Å². The molecule has 1 aliphatic rings. The molecule has 0 amide bonds. The third-order valence-electron chi connectivity index (χ3n) is 3.15. The number of halogens is 3. The minimum atomic E-state index is -4.36. The van der Waals surface area contributed by atoms with Crippen molar-refractivity contribution in [1.29, 1.82) is 0 Å². The van der Waals surface area contributed by atoms with E-state index in [1.807, 2.05) is 0 Å². The van der Waals surface area contributed by atoms with Gasteiger partial charge < -0.3 is 4.74 Å². The summed E-state index contributed by atoms with van der Waals surface area (Å²) in [6.45, 7) is 0.